The highest BCUT2D eigenvalue weighted by atomic mass is 19.4. The summed E-state index contributed by atoms with van der Waals surface area (Å²) in [5, 5.41) is 2.96. The van der Waals surface area contributed by atoms with Gasteiger partial charge in [0, 0.05) is 52.4 Å². The number of rotatable bonds is 7. The van der Waals surface area contributed by atoms with Crippen molar-refractivity contribution in [1.29, 1.82) is 0 Å². The van der Waals surface area contributed by atoms with E-state index < -0.39 is 12.7 Å². The minimum absolute atomic E-state index is 0.101. The normalized spacial score (nSPS) is 20.0. The number of amides is 1. The molecule has 29 heavy (non-hydrogen) atoms. The molecule has 0 unspecified atom stereocenters. The summed E-state index contributed by atoms with van der Waals surface area (Å²) in [6.07, 6.45) is -4.17. The molecule has 2 aliphatic rings. The summed E-state index contributed by atoms with van der Waals surface area (Å²) in [6, 6.07) is 8.06. The number of carbonyl (C=O) groups is 1. The second kappa shape index (κ2) is 10.4. The van der Waals surface area contributed by atoms with Crippen molar-refractivity contribution in [3.8, 4) is 0 Å². The maximum absolute atomic E-state index is 12.5. The van der Waals surface area contributed by atoms with Crippen molar-refractivity contribution in [2.24, 2.45) is 0 Å². The van der Waals surface area contributed by atoms with E-state index in [2.05, 4.69) is 16.3 Å². The number of halogens is 3. The van der Waals surface area contributed by atoms with E-state index in [0.29, 0.717) is 32.7 Å². The highest BCUT2D eigenvalue weighted by Crippen LogP contribution is 2.17. The average molecular weight is 414 g/mol. The fraction of sp³-hybridized carbons (Fsp3) is 0.650. The van der Waals surface area contributed by atoms with E-state index in [1.807, 2.05) is 23.1 Å². The third-order valence-electron chi connectivity index (χ3n) is 5.33. The van der Waals surface area contributed by atoms with Crippen LogP contribution in [0.4, 0.5) is 13.2 Å². The van der Waals surface area contributed by atoms with Gasteiger partial charge in [-0.15, -0.1) is 0 Å². The first-order valence-corrected chi connectivity index (χ1v) is 10.0. The van der Waals surface area contributed by atoms with Crippen LogP contribution in [0.2, 0.25) is 0 Å². The Morgan fingerprint density at radius 1 is 0.931 bits per heavy atom. The van der Waals surface area contributed by atoms with E-state index in [-0.39, 0.29) is 12.5 Å². The Labute approximate surface area is 169 Å². The van der Waals surface area contributed by atoms with Crippen LogP contribution in [0.15, 0.2) is 24.3 Å². The molecule has 0 atom stereocenters. The zero-order chi connectivity index (χ0) is 20.7. The molecule has 1 amide bonds. The molecule has 9 heteroatoms. The van der Waals surface area contributed by atoms with E-state index in [1.165, 1.54) is 10.5 Å². The molecule has 0 aliphatic carbocycles. The summed E-state index contributed by atoms with van der Waals surface area (Å²) in [7, 11) is 0. The first kappa shape index (κ1) is 22.0. The number of piperazine rings is 1. The predicted octanol–water partition coefficient (Wildman–Crippen LogP) is 1.31. The second-order valence-electron chi connectivity index (χ2n) is 7.60. The smallest absolute Gasteiger partial charge is 0.379 e. The Morgan fingerprint density at radius 3 is 2.21 bits per heavy atom. The predicted molar refractivity (Wildman–Crippen MR) is 103 cm³/mol. The van der Waals surface area contributed by atoms with Crippen molar-refractivity contribution in [3.63, 3.8) is 0 Å². The highest BCUT2D eigenvalue weighted by molar-refractivity contribution is 5.78. The van der Waals surface area contributed by atoms with E-state index in [9.17, 15) is 18.0 Å². The van der Waals surface area contributed by atoms with Crippen molar-refractivity contribution < 1.29 is 22.7 Å². The number of benzene rings is 1. The monoisotopic (exact) mass is 414 g/mol. The van der Waals surface area contributed by atoms with E-state index in [1.54, 1.807) is 0 Å². The standard InChI is InChI=1S/C20H29F3N4O2/c21-20(22,23)16-27-7-5-25(6-8-27)15-19(28)24-13-17-3-1-2-4-18(17)14-26-9-11-29-12-10-26/h1-4H,5-16H2,(H,24,28). The van der Waals surface area contributed by atoms with E-state index in [0.717, 1.165) is 38.4 Å². The van der Waals surface area contributed by atoms with Gasteiger partial charge in [-0.1, -0.05) is 24.3 Å². The molecule has 0 spiro atoms. The van der Waals surface area contributed by atoms with Crippen LogP contribution in [0.5, 0.6) is 0 Å². The van der Waals surface area contributed by atoms with Crippen LogP contribution >= 0.6 is 0 Å². The molecular weight excluding hydrogens is 385 g/mol. The number of nitrogens with one attached hydrogen (secondary N) is 1. The maximum atomic E-state index is 12.5. The van der Waals surface area contributed by atoms with Crippen LogP contribution in [-0.2, 0) is 22.6 Å². The molecule has 2 saturated heterocycles. The minimum atomic E-state index is -4.17. The molecule has 1 N–H and O–H groups in total. The number of hydrogen-bond acceptors (Lipinski definition) is 5. The zero-order valence-corrected chi connectivity index (χ0v) is 16.6. The van der Waals surface area contributed by atoms with Gasteiger partial charge >= 0.3 is 6.18 Å². The van der Waals surface area contributed by atoms with Gasteiger partial charge in [-0.25, -0.2) is 0 Å². The number of morpholine rings is 1. The maximum Gasteiger partial charge on any atom is 0.401 e. The number of ether oxygens (including phenoxy) is 1. The molecular formula is C20H29F3N4O2. The Hall–Kier alpha value is -1.68. The third kappa shape index (κ3) is 7.58. The van der Waals surface area contributed by atoms with Gasteiger partial charge < -0.3 is 10.1 Å². The lowest BCUT2D eigenvalue weighted by Crippen LogP contribution is -2.51. The molecule has 0 bridgehead atoms. The van der Waals surface area contributed by atoms with Crippen LogP contribution in [-0.4, -0.2) is 92.4 Å². The lowest BCUT2D eigenvalue weighted by atomic mass is 10.1. The number of carbonyl (C=O) groups excluding carboxylic acids is 1. The van der Waals surface area contributed by atoms with Gasteiger partial charge in [0.15, 0.2) is 0 Å². The van der Waals surface area contributed by atoms with Crippen molar-refractivity contribution in [2.75, 3.05) is 65.6 Å². The van der Waals surface area contributed by atoms with Crippen LogP contribution in [0.1, 0.15) is 11.1 Å². The SMILES string of the molecule is O=C(CN1CCN(CC(F)(F)F)CC1)NCc1ccccc1CN1CCOCC1. The Balaban J connectivity index is 1.42. The van der Waals surface area contributed by atoms with Gasteiger partial charge in [0.1, 0.15) is 0 Å². The van der Waals surface area contributed by atoms with Gasteiger partial charge in [-0.05, 0) is 11.1 Å². The van der Waals surface area contributed by atoms with Crippen molar-refractivity contribution in [1.82, 2.24) is 20.0 Å². The van der Waals surface area contributed by atoms with Gasteiger partial charge in [0.2, 0.25) is 5.91 Å². The van der Waals surface area contributed by atoms with Crippen LogP contribution in [0.3, 0.4) is 0 Å². The second-order valence-corrected chi connectivity index (χ2v) is 7.60. The molecule has 3 rings (SSSR count). The molecule has 1 aromatic rings. The Morgan fingerprint density at radius 2 is 1.55 bits per heavy atom. The average Bonchev–Trinajstić information content (AvgIpc) is 2.68. The molecule has 0 radical (unpaired) electrons. The summed E-state index contributed by atoms with van der Waals surface area (Å²) in [4.78, 5) is 18.0. The molecule has 0 saturated carbocycles. The lowest BCUT2D eigenvalue weighted by molar-refractivity contribution is -0.150. The largest absolute Gasteiger partial charge is 0.401 e. The highest BCUT2D eigenvalue weighted by Gasteiger charge is 2.32. The van der Waals surface area contributed by atoms with Gasteiger partial charge in [-0.3, -0.25) is 19.5 Å². The molecule has 2 fully saturated rings. The Kier molecular flexibility index (Phi) is 7.88. The van der Waals surface area contributed by atoms with Crippen LogP contribution < -0.4 is 5.32 Å². The minimum Gasteiger partial charge on any atom is -0.379 e. The summed E-state index contributed by atoms with van der Waals surface area (Å²) in [5.74, 6) is -0.101. The third-order valence-corrected chi connectivity index (χ3v) is 5.33. The molecule has 1 aromatic carbocycles. The van der Waals surface area contributed by atoms with Crippen LogP contribution in [0, 0.1) is 0 Å². The molecule has 0 aromatic heterocycles. The van der Waals surface area contributed by atoms with Gasteiger partial charge in [0.05, 0.1) is 26.3 Å². The summed E-state index contributed by atoms with van der Waals surface area (Å²) in [6.45, 7) is 5.51. The molecule has 6 nitrogen and oxygen atoms in total. The van der Waals surface area contributed by atoms with Crippen molar-refractivity contribution in [3.05, 3.63) is 35.4 Å². The fourth-order valence-corrected chi connectivity index (χ4v) is 3.70. The van der Waals surface area contributed by atoms with E-state index in [4.69, 9.17) is 4.74 Å². The molecule has 162 valence electrons. The van der Waals surface area contributed by atoms with Crippen molar-refractivity contribution in [2.45, 2.75) is 19.3 Å². The molecule has 2 heterocycles. The first-order valence-electron chi connectivity index (χ1n) is 10.0. The summed E-state index contributed by atoms with van der Waals surface area (Å²) >= 11 is 0. The topological polar surface area (TPSA) is 48.1 Å². The summed E-state index contributed by atoms with van der Waals surface area (Å²) in [5.41, 5.74) is 2.28. The first-order chi connectivity index (χ1) is 13.9. The Bertz CT molecular complexity index is 657. The number of alkyl halides is 3. The quantitative estimate of drug-likeness (QED) is 0.729. The number of nitrogens with zero attached hydrogens (tertiary/aromatic N) is 3. The van der Waals surface area contributed by atoms with E-state index >= 15 is 0 Å². The fourth-order valence-electron chi connectivity index (χ4n) is 3.70. The number of hydrogen-bond donors (Lipinski definition) is 1. The van der Waals surface area contributed by atoms with Gasteiger partial charge in [0.25, 0.3) is 0 Å². The van der Waals surface area contributed by atoms with Gasteiger partial charge in [-0.2, -0.15) is 13.2 Å². The van der Waals surface area contributed by atoms with Crippen LogP contribution in [0.25, 0.3) is 0 Å². The summed E-state index contributed by atoms with van der Waals surface area (Å²) < 4.78 is 42.8. The zero-order valence-electron chi connectivity index (χ0n) is 16.6. The van der Waals surface area contributed by atoms with Crippen molar-refractivity contribution >= 4 is 5.91 Å². The molecule has 2 aliphatic heterocycles. The lowest BCUT2D eigenvalue weighted by Gasteiger charge is -2.34.